The van der Waals surface area contributed by atoms with Gasteiger partial charge in [-0.05, 0) is 36.8 Å². The fourth-order valence-electron chi connectivity index (χ4n) is 3.01. The fraction of sp³-hybridized carbons (Fsp3) is 0.278. The van der Waals surface area contributed by atoms with Gasteiger partial charge in [0.15, 0.2) is 9.84 Å². The van der Waals surface area contributed by atoms with Gasteiger partial charge in [0, 0.05) is 28.7 Å². The topological polar surface area (TPSA) is 54.5 Å². The maximum absolute atomic E-state index is 14.1. The van der Waals surface area contributed by atoms with Gasteiger partial charge < -0.3 is 4.90 Å². The van der Waals surface area contributed by atoms with Crippen molar-refractivity contribution in [1.82, 2.24) is 4.90 Å². The summed E-state index contributed by atoms with van der Waals surface area (Å²) in [7, 11) is -3.53. The third-order valence-corrected chi connectivity index (χ3v) is 7.01. The first-order valence-corrected chi connectivity index (χ1v) is 10.4. The highest BCUT2D eigenvalue weighted by Crippen LogP contribution is 2.31. The monoisotopic (exact) mass is 425 g/mol. The summed E-state index contributed by atoms with van der Waals surface area (Å²) in [6.07, 6.45) is 0.186. The lowest BCUT2D eigenvalue weighted by molar-refractivity contribution is 0.0766. The molecule has 3 rings (SSSR count). The van der Waals surface area contributed by atoms with E-state index in [2.05, 4.69) is 15.9 Å². The van der Waals surface area contributed by atoms with Crippen molar-refractivity contribution in [3.05, 3.63) is 69.9 Å². The largest absolute Gasteiger partial charge is 0.338 e. The SMILES string of the molecule is O=C(c1ccc(Br)cc1)N1CCC(c2ccccc2F)S(=O)(=O)CC1. The van der Waals surface area contributed by atoms with Crippen molar-refractivity contribution in [2.45, 2.75) is 11.7 Å². The molecule has 1 aliphatic heterocycles. The second kappa shape index (κ2) is 7.25. The Labute approximate surface area is 154 Å². The van der Waals surface area contributed by atoms with Crippen LogP contribution < -0.4 is 0 Å². The lowest BCUT2D eigenvalue weighted by atomic mass is 10.1. The Balaban J connectivity index is 1.84. The van der Waals surface area contributed by atoms with Gasteiger partial charge in [-0.3, -0.25) is 4.79 Å². The van der Waals surface area contributed by atoms with E-state index in [1.807, 2.05) is 0 Å². The second-order valence-corrected chi connectivity index (χ2v) is 9.18. The Morgan fingerprint density at radius 2 is 1.76 bits per heavy atom. The molecule has 1 amide bonds. The van der Waals surface area contributed by atoms with Gasteiger partial charge in [0.2, 0.25) is 0 Å². The highest BCUT2D eigenvalue weighted by atomic mass is 79.9. The van der Waals surface area contributed by atoms with Gasteiger partial charge in [-0.25, -0.2) is 12.8 Å². The summed E-state index contributed by atoms with van der Waals surface area (Å²) < 4.78 is 40.1. The molecule has 1 unspecified atom stereocenters. The van der Waals surface area contributed by atoms with Crippen molar-refractivity contribution in [2.75, 3.05) is 18.8 Å². The van der Waals surface area contributed by atoms with E-state index in [9.17, 15) is 17.6 Å². The number of nitrogens with zero attached hydrogens (tertiary/aromatic N) is 1. The van der Waals surface area contributed by atoms with Gasteiger partial charge in [0.1, 0.15) is 5.82 Å². The standard InChI is InChI=1S/C18H17BrFNO3S/c19-14-7-5-13(6-8-14)18(22)21-10-9-17(25(23,24)12-11-21)15-3-1-2-4-16(15)20/h1-8,17H,9-12H2. The van der Waals surface area contributed by atoms with Crippen LogP contribution in [0, 0.1) is 5.82 Å². The highest BCUT2D eigenvalue weighted by molar-refractivity contribution is 9.10. The van der Waals surface area contributed by atoms with E-state index in [1.165, 1.54) is 23.1 Å². The van der Waals surface area contributed by atoms with E-state index in [-0.39, 0.29) is 36.7 Å². The Kier molecular flexibility index (Phi) is 5.24. The number of hydrogen-bond acceptors (Lipinski definition) is 3. The first kappa shape index (κ1) is 18.1. The number of halogens is 2. The number of carbonyl (C=O) groups excluding carboxylic acids is 1. The van der Waals surface area contributed by atoms with E-state index in [4.69, 9.17) is 0 Å². The third-order valence-electron chi connectivity index (χ3n) is 4.37. The third kappa shape index (κ3) is 3.93. The summed E-state index contributed by atoms with van der Waals surface area (Å²) >= 11 is 3.32. The van der Waals surface area contributed by atoms with Crippen LogP contribution in [0.25, 0.3) is 0 Å². The smallest absolute Gasteiger partial charge is 0.253 e. The molecule has 25 heavy (non-hydrogen) atoms. The molecule has 7 heteroatoms. The van der Waals surface area contributed by atoms with Crippen molar-refractivity contribution in [3.63, 3.8) is 0 Å². The van der Waals surface area contributed by atoms with Crippen LogP contribution in [0.15, 0.2) is 53.0 Å². The van der Waals surface area contributed by atoms with E-state index in [0.29, 0.717) is 5.56 Å². The molecule has 0 aromatic heterocycles. The number of sulfone groups is 1. The molecule has 0 N–H and O–H groups in total. The van der Waals surface area contributed by atoms with Gasteiger partial charge in [-0.1, -0.05) is 34.1 Å². The van der Waals surface area contributed by atoms with Gasteiger partial charge in [0.05, 0.1) is 11.0 Å². The Hall–Kier alpha value is -1.73. The van der Waals surface area contributed by atoms with Gasteiger partial charge in [0.25, 0.3) is 5.91 Å². The minimum Gasteiger partial charge on any atom is -0.338 e. The van der Waals surface area contributed by atoms with Crippen molar-refractivity contribution >= 4 is 31.7 Å². The van der Waals surface area contributed by atoms with Crippen LogP contribution in [-0.4, -0.2) is 38.1 Å². The van der Waals surface area contributed by atoms with E-state index in [0.717, 1.165) is 4.47 Å². The molecule has 0 spiro atoms. The minimum atomic E-state index is -3.53. The molecule has 132 valence electrons. The van der Waals surface area contributed by atoms with E-state index < -0.39 is 20.9 Å². The van der Waals surface area contributed by atoms with E-state index >= 15 is 0 Å². The van der Waals surface area contributed by atoms with Crippen LogP contribution in [0.3, 0.4) is 0 Å². The maximum Gasteiger partial charge on any atom is 0.253 e. The van der Waals surface area contributed by atoms with Crippen molar-refractivity contribution < 1.29 is 17.6 Å². The number of hydrogen-bond donors (Lipinski definition) is 0. The molecule has 0 saturated carbocycles. The molecule has 2 aromatic rings. The molecule has 1 fully saturated rings. The lowest BCUT2D eigenvalue weighted by Crippen LogP contribution is -2.33. The Morgan fingerprint density at radius 3 is 2.44 bits per heavy atom. The van der Waals surface area contributed by atoms with Crippen LogP contribution in [0.4, 0.5) is 4.39 Å². The number of rotatable bonds is 2. The zero-order valence-corrected chi connectivity index (χ0v) is 15.8. The number of benzene rings is 2. The summed E-state index contributed by atoms with van der Waals surface area (Å²) in [5, 5.41) is -0.920. The summed E-state index contributed by atoms with van der Waals surface area (Å²) in [6, 6.07) is 12.9. The van der Waals surface area contributed by atoms with Crippen molar-refractivity contribution in [2.24, 2.45) is 0 Å². The Bertz CT molecular complexity index is 883. The molecule has 1 aliphatic rings. The normalized spacial score (nSPS) is 20.1. The lowest BCUT2D eigenvalue weighted by Gasteiger charge is -2.20. The van der Waals surface area contributed by atoms with Crippen LogP contribution in [0.2, 0.25) is 0 Å². The predicted molar refractivity (Wildman–Crippen MR) is 97.6 cm³/mol. The van der Waals surface area contributed by atoms with Crippen LogP contribution in [0.1, 0.15) is 27.6 Å². The summed E-state index contributed by atoms with van der Waals surface area (Å²) in [6.45, 7) is 0.384. The average Bonchev–Trinajstić information content (AvgIpc) is 2.74. The van der Waals surface area contributed by atoms with Crippen molar-refractivity contribution in [1.29, 1.82) is 0 Å². The number of amides is 1. The summed E-state index contributed by atoms with van der Waals surface area (Å²) in [5.74, 6) is -0.908. The van der Waals surface area contributed by atoms with Gasteiger partial charge >= 0.3 is 0 Å². The fourth-order valence-corrected chi connectivity index (χ4v) is 5.07. The molecular weight excluding hydrogens is 409 g/mol. The molecule has 0 radical (unpaired) electrons. The second-order valence-electron chi connectivity index (χ2n) is 5.96. The molecule has 1 heterocycles. The van der Waals surface area contributed by atoms with Gasteiger partial charge in [-0.2, -0.15) is 0 Å². The van der Waals surface area contributed by atoms with Crippen LogP contribution in [0.5, 0.6) is 0 Å². The van der Waals surface area contributed by atoms with E-state index in [1.54, 1.807) is 30.3 Å². The van der Waals surface area contributed by atoms with Crippen LogP contribution in [-0.2, 0) is 9.84 Å². The highest BCUT2D eigenvalue weighted by Gasteiger charge is 2.34. The molecule has 2 aromatic carbocycles. The van der Waals surface area contributed by atoms with Crippen molar-refractivity contribution in [3.8, 4) is 0 Å². The number of carbonyl (C=O) groups is 1. The molecular formula is C18H17BrFNO3S. The first-order valence-electron chi connectivity index (χ1n) is 7.89. The minimum absolute atomic E-state index is 0.113. The quantitative estimate of drug-likeness (QED) is 0.738. The molecule has 4 nitrogen and oxygen atoms in total. The van der Waals surface area contributed by atoms with Crippen LogP contribution >= 0.6 is 15.9 Å². The summed E-state index contributed by atoms with van der Waals surface area (Å²) in [4.78, 5) is 14.2. The molecule has 0 aliphatic carbocycles. The zero-order valence-electron chi connectivity index (χ0n) is 13.4. The first-order chi connectivity index (χ1) is 11.9. The molecule has 1 saturated heterocycles. The Morgan fingerprint density at radius 1 is 1.08 bits per heavy atom. The molecule has 0 bridgehead atoms. The summed E-state index contributed by atoms with van der Waals surface area (Å²) in [5.41, 5.74) is 0.686. The zero-order chi connectivity index (χ0) is 18.0. The predicted octanol–water partition coefficient (Wildman–Crippen LogP) is 3.59. The maximum atomic E-state index is 14.1. The molecule has 1 atom stereocenters. The average molecular weight is 426 g/mol. The van der Waals surface area contributed by atoms with Gasteiger partial charge in [-0.15, -0.1) is 0 Å².